The number of likely N-dealkylation sites (tertiary alicyclic amines) is 1. The molecule has 18 heavy (non-hydrogen) atoms. The molecule has 1 aromatic carbocycles. The molecule has 0 spiro atoms. The van der Waals surface area contributed by atoms with Crippen molar-refractivity contribution in [1.82, 2.24) is 4.90 Å². The summed E-state index contributed by atoms with van der Waals surface area (Å²) in [6, 6.07) is 11.3. The molecule has 1 saturated heterocycles. The summed E-state index contributed by atoms with van der Waals surface area (Å²) < 4.78 is 0. The van der Waals surface area contributed by atoms with Gasteiger partial charge in [0.1, 0.15) is 0 Å². The fourth-order valence-corrected chi connectivity index (χ4v) is 2.78. The van der Waals surface area contributed by atoms with E-state index in [9.17, 15) is 0 Å². The Morgan fingerprint density at radius 2 is 2.06 bits per heavy atom. The Morgan fingerprint density at radius 1 is 1.22 bits per heavy atom. The Morgan fingerprint density at radius 3 is 2.83 bits per heavy atom. The molecule has 0 aromatic heterocycles. The van der Waals surface area contributed by atoms with Crippen LogP contribution in [0.1, 0.15) is 39.0 Å². The van der Waals surface area contributed by atoms with Crippen molar-refractivity contribution in [3.63, 3.8) is 0 Å². The van der Waals surface area contributed by atoms with Crippen LogP contribution in [-0.2, 0) is 0 Å². The van der Waals surface area contributed by atoms with Crippen LogP contribution in [0.15, 0.2) is 30.3 Å². The molecule has 0 unspecified atom stereocenters. The van der Waals surface area contributed by atoms with E-state index in [2.05, 4.69) is 47.5 Å². The molecule has 0 aliphatic carbocycles. The number of hydrogen-bond donors (Lipinski definition) is 1. The first kappa shape index (κ1) is 13.4. The molecule has 100 valence electrons. The summed E-state index contributed by atoms with van der Waals surface area (Å²) in [4.78, 5) is 2.67. The molecule has 2 nitrogen and oxygen atoms in total. The minimum Gasteiger partial charge on any atom is -0.383 e. The van der Waals surface area contributed by atoms with Crippen LogP contribution in [0.5, 0.6) is 0 Å². The highest BCUT2D eigenvalue weighted by molar-refractivity contribution is 5.42. The van der Waals surface area contributed by atoms with E-state index in [4.69, 9.17) is 0 Å². The van der Waals surface area contributed by atoms with Crippen molar-refractivity contribution in [2.45, 2.75) is 45.1 Å². The van der Waals surface area contributed by atoms with Gasteiger partial charge in [0, 0.05) is 18.3 Å². The minimum atomic E-state index is 0.738. The first-order valence-corrected chi connectivity index (χ1v) is 7.43. The van der Waals surface area contributed by atoms with Crippen molar-refractivity contribution in [2.24, 2.45) is 0 Å². The Labute approximate surface area is 111 Å². The standard InChI is InChI=1S/C16H26N2/c1-2-3-7-12-18-13-8-11-16(18)14-17-15-9-5-4-6-10-15/h4-6,9-10,16-17H,2-3,7-8,11-14H2,1H3/t16-/m0/s1. The van der Waals surface area contributed by atoms with Gasteiger partial charge in [0.15, 0.2) is 0 Å². The maximum atomic E-state index is 3.57. The normalized spacial score (nSPS) is 20.2. The smallest absolute Gasteiger partial charge is 0.0340 e. The van der Waals surface area contributed by atoms with Gasteiger partial charge < -0.3 is 5.32 Å². The Bertz CT molecular complexity index is 323. The summed E-state index contributed by atoms with van der Waals surface area (Å²) in [5.74, 6) is 0. The molecule has 1 atom stereocenters. The molecule has 1 aliphatic rings. The number of para-hydroxylation sites is 1. The van der Waals surface area contributed by atoms with Gasteiger partial charge in [0.05, 0.1) is 0 Å². The number of unbranched alkanes of at least 4 members (excludes halogenated alkanes) is 2. The molecule has 1 fully saturated rings. The van der Waals surface area contributed by atoms with Crippen LogP contribution >= 0.6 is 0 Å². The van der Waals surface area contributed by atoms with Gasteiger partial charge in [-0.1, -0.05) is 38.0 Å². The van der Waals surface area contributed by atoms with E-state index in [1.54, 1.807) is 0 Å². The monoisotopic (exact) mass is 246 g/mol. The summed E-state index contributed by atoms with van der Waals surface area (Å²) in [6.45, 7) is 5.95. The molecular formula is C16H26N2. The third kappa shape index (κ3) is 4.02. The van der Waals surface area contributed by atoms with Crippen molar-refractivity contribution in [3.8, 4) is 0 Å². The summed E-state index contributed by atoms with van der Waals surface area (Å²) in [5.41, 5.74) is 1.25. The first-order valence-electron chi connectivity index (χ1n) is 7.43. The molecule has 0 amide bonds. The van der Waals surface area contributed by atoms with Crippen LogP contribution in [0.25, 0.3) is 0 Å². The average Bonchev–Trinajstić information content (AvgIpc) is 2.86. The molecule has 2 heteroatoms. The number of nitrogens with one attached hydrogen (secondary N) is 1. The first-order chi connectivity index (χ1) is 8.90. The molecule has 2 rings (SSSR count). The van der Waals surface area contributed by atoms with Gasteiger partial charge >= 0.3 is 0 Å². The van der Waals surface area contributed by atoms with E-state index in [0.717, 1.165) is 12.6 Å². The molecule has 1 N–H and O–H groups in total. The number of nitrogens with zero attached hydrogens (tertiary/aromatic N) is 1. The van der Waals surface area contributed by atoms with Crippen molar-refractivity contribution >= 4 is 5.69 Å². The van der Waals surface area contributed by atoms with Gasteiger partial charge in [0.25, 0.3) is 0 Å². The van der Waals surface area contributed by atoms with Gasteiger partial charge in [-0.05, 0) is 44.5 Å². The predicted octanol–water partition coefficient (Wildman–Crippen LogP) is 3.75. The van der Waals surface area contributed by atoms with Gasteiger partial charge in [-0.25, -0.2) is 0 Å². The number of anilines is 1. The zero-order chi connectivity index (χ0) is 12.6. The second kappa shape index (κ2) is 7.42. The Balaban J connectivity index is 1.74. The van der Waals surface area contributed by atoms with Gasteiger partial charge in [-0.3, -0.25) is 4.90 Å². The van der Waals surface area contributed by atoms with Crippen LogP contribution in [-0.4, -0.2) is 30.6 Å². The molecule has 1 aliphatic heterocycles. The highest BCUT2D eigenvalue weighted by Gasteiger charge is 2.23. The summed E-state index contributed by atoms with van der Waals surface area (Å²) in [5, 5.41) is 3.57. The summed E-state index contributed by atoms with van der Waals surface area (Å²) in [6.07, 6.45) is 6.77. The van der Waals surface area contributed by atoms with Crippen molar-refractivity contribution < 1.29 is 0 Å². The lowest BCUT2D eigenvalue weighted by Crippen LogP contribution is -2.35. The second-order valence-electron chi connectivity index (χ2n) is 5.29. The summed E-state index contributed by atoms with van der Waals surface area (Å²) >= 11 is 0. The molecule has 1 aromatic rings. The van der Waals surface area contributed by atoms with Crippen LogP contribution in [0, 0.1) is 0 Å². The molecule has 0 saturated carbocycles. The third-order valence-corrected chi connectivity index (χ3v) is 3.86. The summed E-state index contributed by atoms with van der Waals surface area (Å²) in [7, 11) is 0. The van der Waals surface area contributed by atoms with Crippen LogP contribution in [0.4, 0.5) is 5.69 Å². The van der Waals surface area contributed by atoms with E-state index in [1.807, 2.05) is 0 Å². The van der Waals surface area contributed by atoms with Crippen molar-refractivity contribution in [3.05, 3.63) is 30.3 Å². The third-order valence-electron chi connectivity index (χ3n) is 3.86. The number of rotatable bonds is 7. The second-order valence-corrected chi connectivity index (χ2v) is 5.29. The van der Waals surface area contributed by atoms with E-state index < -0.39 is 0 Å². The quantitative estimate of drug-likeness (QED) is 0.737. The van der Waals surface area contributed by atoms with E-state index in [0.29, 0.717) is 0 Å². The zero-order valence-corrected chi connectivity index (χ0v) is 11.6. The van der Waals surface area contributed by atoms with E-state index in [-0.39, 0.29) is 0 Å². The molecular weight excluding hydrogens is 220 g/mol. The lowest BCUT2D eigenvalue weighted by atomic mass is 10.2. The Kier molecular flexibility index (Phi) is 5.53. The topological polar surface area (TPSA) is 15.3 Å². The predicted molar refractivity (Wildman–Crippen MR) is 79.1 cm³/mol. The fourth-order valence-electron chi connectivity index (χ4n) is 2.78. The molecule has 0 bridgehead atoms. The van der Waals surface area contributed by atoms with Crippen molar-refractivity contribution in [2.75, 3.05) is 25.0 Å². The van der Waals surface area contributed by atoms with E-state index in [1.165, 1.54) is 50.9 Å². The highest BCUT2D eigenvalue weighted by Crippen LogP contribution is 2.18. The minimum absolute atomic E-state index is 0.738. The van der Waals surface area contributed by atoms with Crippen LogP contribution in [0.2, 0.25) is 0 Å². The highest BCUT2D eigenvalue weighted by atomic mass is 15.2. The van der Waals surface area contributed by atoms with Gasteiger partial charge in [0.2, 0.25) is 0 Å². The van der Waals surface area contributed by atoms with Crippen molar-refractivity contribution in [1.29, 1.82) is 0 Å². The average molecular weight is 246 g/mol. The number of hydrogen-bond acceptors (Lipinski definition) is 2. The van der Waals surface area contributed by atoms with Crippen LogP contribution in [0.3, 0.4) is 0 Å². The van der Waals surface area contributed by atoms with E-state index >= 15 is 0 Å². The zero-order valence-electron chi connectivity index (χ0n) is 11.6. The maximum Gasteiger partial charge on any atom is 0.0340 e. The van der Waals surface area contributed by atoms with Gasteiger partial charge in [-0.2, -0.15) is 0 Å². The van der Waals surface area contributed by atoms with Gasteiger partial charge in [-0.15, -0.1) is 0 Å². The lowest BCUT2D eigenvalue weighted by molar-refractivity contribution is 0.257. The molecule has 0 radical (unpaired) electrons. The molecule has 1 heterocycles. The largest absolute Gasteiger partial charge is 0.383 e. The number of benzene rings is 1. The lowest BCUT2D eigenvalue weighted by Gasteiger charge is -2.25. The SMILES string of the molecule is CCCCCN1CCC[C@H]1CNc1ccccc1. The maximum absolute atomic E-state index is 3.57. The van der Waals surface area contributed by atoms with Crippen LogP contribution < -0.4 is 5.32 Å². The fraction of sp³-hybridized carbons (Fsp3) is 0.625. The Hall–Kier alpha value is -1.02.